The lowest BCUT2D eigenvalue weighted by Gasteiger charge is -2.10. The topological polar surface area (TPSA) is 72.2 Å². The van der Waals surface area contributed by atoms with E-state index < -0.39 is 5.82 Å². The predicted molar refractivity (Wildman–Crippen MR) is 126 cm³/mol. The quantitative estimate of drug-likeness (QED) is 0.188. The van der Waals surface area contributed by atoms with E-state index in [9.17, 15) is 9.18 Å². The van der Waals surface area contributed by atoms with Gasteiger partial charge in [-0.25, -0.2) is 9.82 Å². The van der Waals surface area contributed by atoms with Gasteiger partial charge in [0.15, 0.2) is 11.0 Å². The van der Waals surface area contributed by atoms with Crippen molar-refractivity contribution in [2.75, 3.05) is 5.75 Å². The molecule has 1 heterocycles. The molecule has 1 N–H and O–H groups in total. The summed E-state index contributed by atoms with van der Waals surface area (Å²) >= 11 is 10.6. The van der Waals surface area contributed by atoms with Gasteiger partial charge >= 0.3 is 0 Å². The molecule has 10 heteroatoms. The van der Waals surface area contributed by atoms with Gasteiger partial charge < -0.3 is 0 Å². The molecule has 0 radical (unpaired) electrons. The van der Waals surface area contributed by atoms with E-state index in [-0.39, 0.29) is 22.2 Å². The van der Waals surface area contributed by atoms with Crippen LogP contribution >= 0.6 is 39.3 Å². The zero-order chi connectivity index (χ0) is 22.4. The molecule has 160 valence electrons. The molecule has 3 aromatic rings. The first-order valence-electron chi connectivity index (χ1n) is 9.07. The van der Waals surface area contributed by atoms with Crippen LogP contribution in [-0.4, -0.2) is 32.6 Å². The van der Waals surface area contributed by atoms with Crippen molar-refractivity contribution in [2.45, 2.75) is 18.6 Å². The highest BCUT2D eigenvalue weighted by atomic mass is 79.9. The number of hydrazone groups is 1. The third-order valence-electron chi connectivity index (χ3n) is 3.96. The molecule has 0 saturated carbocycles. The average molecular weight is 523 g/mol. The summed E-state index contributed by atoms with van der Waals surface area (Å²) in [5.74, 6) is -0.153. The first-order chi connectivity index (χ1) is 14.8. The summed E-state index contributed by atoms with van der Waals surface area (Å²) in [6.45, 7) is 6.40. The van der Waals surface area contributed by atoms with Crippen molar-refractivity contribution >= 4 is 51.4 Å². The molecule has 31 heavy (non-hydrogen) atoms. The summed E-state index contributed by atoms with van der Waals surface area (Å²) in [5.41, 5.74) is 4.30. The van der Waals surface area contributed by atoms with Crippen LogP contribution in [-0.2, 0) is 11.3 Å². The highest BCUT2D eigenvalue weighted by molar-refractivity contribution is 9.10. The minimum Gasteiger partial charge on any atom is -0.298 e. The van der Waals surface area contributed by atoms with Crippen LogP contribution in [0.1, 0.15) is 12.5 Å². The summed E-state index contributed by atoms with van der Waals surface area (Å²) < 4.78 is 16.6. The smallest absolute Gasteiger partial charge is 0.250 e. The maximum Gasteiger partial charge on any atom is 0.250 e. The molecule has 1 aromatic heterocycles. The highest BCUT2D eigenvalue weighted by Gasteiger charge is 2.16. The average Bonchev–Trinajstić information content (AvgIpc) is 3.11. The summed E-state index contributed by atoms with van der Waals surface area (Å²) in [4.78, 5) is 12.2. The molecule has 6 nitrogen and oxygen atoms in total. The van der Waals surface area contributed by atoms with Crippen LogP contribution in [0.5, 0.6) is 0 Å². The van der Waals surface area contributed by atoms with Crippen molar-refractivity contribution in [2.24, 2.45) is 5.10 Å². The Morgan fingerprint density at radius 2 is 2.06 bits per heavy atom. The number of nitrogens with zero attached hydrogens (tertiary/aromatic N) is 4. The standard InChI is InChI=1S/C21H18BrClFN5OS/c1-13(2)11-29-20(14-6-8-15(22)9-7-14)27-28-21(29)31-12-19(30)26-25-10-16-17(23)4-3-5-18(16)24/h3-10H,1,11-12H2,2H3,(H,26,30). The van der Waals surface area contributed by atoms with Gasteiger partial charge in [-0.2, -0.15) is 5.10 Å². The molecule has 0 bridgehead atoms. The van der Waals surface area contributed by atoms with Gasteiger partial charge in [-0.1, -0.05) is 69.6 Å². The lowest BCUT2D eigenvalue weighted by atomic mass is 10.2. The van der Waals surface area contributed by atoms with Crippen LogP contribution in [0.2, 0.25) is 5.02 Å². The predicted octanol–water partition coefficient (Wildman–Crippen LogP) is 5.32. The Morgan fingerprint density at radius 3 is 2.74 bits per heavy atom. The van der Waals surface area contributed by atoms with Gasteiger partial charge in [0.05, 0.1) is 17.0 Å². The van der Waals surface area contributed by atoms with Gasteiger partial charge in [-0.3, -0.25) is 9.36 Å². The first-order valence-corrected chi connectivity index (χ1v) is 11.2. The number of thioether (sulfide) groups is 1. The van der Waals surface area contributed by atoms with E-state index in [1.807, 2.05) is 35.8 Å². The van der Waals surface area contributed by atoms with Crippen molar-refractivity contribution < 1.29 is 9.18 Å². The maximum atomic E-state index is 13.7. The van der Waals surface area contributed by atoms with Gasteiger partial charge in [-0.05, 0) is 31.2 Å². The number of nitrogens with one attached hydrogen (secondary N) is 1. The Bertz CT molecular complexity index is 1110. The number of rotatable bonds is 8. The van der Waals surface area contributed by atoms with Crippen LogP contribution in [0.3, 0.4) is 0 Å². The van der Waals surface area contributed by atoms with Gasteiger partial charge in [0.2, 0.25) is 0 Å². The monoisotopic (exact) mass is 521 g/mol. The van der Waals surface area contributed by atoms with E-state index in [2.05, 4.69) is 43.2 Å². The molecule has 3 rings (SSSR count). The fourth-order valence-corrected chi connectivity index (χ4v) is 3.79. The van der Waals surface area contributed by atoms with Crippen molar-refractivity contribution in [3.63, 3.8) is 0 Å². The number of amides is 1. The van der Waals surface area contributed by atoms with Gasteiger partial charge in [0.1, 0.15) is 5.82 Å². The highest BCUT2D eigenvalue weighted by Crippen LogP contribution is 2.26. The minimum atomic E-state index is -0.520. The Balaban J connectivity index is 1.68. The second kappa shape index (κ2) is 10.7. The van der Waals surface area contributed by atoms with E-state index >= 15 is 0 Å². The van der Waals surface area contributed by atoms with E-state index in [4.69, 9.17) is 11.6 Å². The molecular formula is C21H18BrClFN5OS. The summed E-state index contributed by atoms with van der Waals surface area (Å²) in [6, 6.07) is 12.0. The summed E-state index contributed by atoms with van der Waals surface area (Å²) in [7, 11) is 0. The molecule has 0 unspecified atom stereocenters. The number of aromatic nitrogens is 3. The third kappa shape index (κ3) is 6.25. The molecule has 1 amide bonds. The van der Waals surface area contributed by atoms with Crippen LogP contribution in [0, 0.1) is 5.82 Å². The Kier molecular flexibility index (Phi) is 8.00. The Labute approximate surface area is 196 Å². The zero-order valence-corrected chi connectivity index (χ0v) is 19.6. The van der Waals surface area contributed by atoms with Gasteiger partial charge in [-0.15, -0.1) is 10.2 Å². The van der Waals surface area contributed by atoms with Crippen molar-refractivity contribution in [3.8, 4) is 11.4 Å². The van der Waals surface area contributed by atoms with Crippen molar-refractivity contribution in [3.05, 3.63) is 75.5 Å². The fourth-order valence-electron chi connectivity index (χ4n) is 2.59. The minimum absolute atomic E-state index is 0.0526. The number of halogens is 3. The van der Waals surface area contributed by atoms with Crippen LogP contribution < -0.4 is 5.43 Å². The normalized spacial score (nSPS) is 11.1. The van der Waals surface area contributed by atoms with E-state index in [0.29, 0.717) is 17.5 Å². The van der Waals surface area contributed by atoms with E-state index in [1.54, 1.807) is 6.07 Å². The second-order valence-corrected chi connectivity index (χ2v) is 8.84. The summed E-state index contributed by atoms with van der Waals surface area (Å²) in [5, 5.41) is 13.1. The molecule has 0 saturated heterocycles. The molecule has 0 spiro atoms. The van der Waals surface area contributed by atoms with Crippen molar-refractivity contribution in [1.29, 1.82) is 0 Å². The molecule has 2 aromatic carbocycles. The molecular weight excluding hydrogens is 505 g/mol. The zero-order valence-electron chi connectivity index (χ0n) is 16.5. The SMILES string of the molecule is C=C(C)Cn1c(SCC(=O)NN=Cc2c(F)cccc2Cl)nnc1-c1ccc(Br)cc1. The van der Waals surface area contributed by atoms with Crippen LogP contribution in [0.15, 0.2) is 69.3 Å². The molecule has 0 aliphatic carbocycles. The van der Waals surface area contributed by atoms with Crippen LogP contribution in [0.25, 0.3) is 11.4 Å². The summed E-state index contributed by atoms with van der Waals surface area (Å²) in [6.07, 6.45) is 1.18. The molecule has 0 aliphatic rings. The largest absolute Gasteiger partial charge is 0.298 e. The number of carbonyl (C=O) groups is 1. The van der Waals surface area contributed by atoms with Crippen molar-refractivity contribution in [1.82, 2.24) is 20.2 Å². The van der Waals surface area contributed by atoms with Gasteiger partial charge in [0, 0.05) is 22.1 Å². The number of hydrogen-bond donors (Lipinski definition) is 1. The van der Waals surface area contributed by atoms with Gasteiger partial charge in [0.25, 0.3) is 5.91 Å². The maximum absolute atomic E-state index is 13.7. The lowest BCUT2D eigenvalue weighted by molar-refractivity contribution is -0.118. The number of carbonyl (C=O) groups excluding carboxylic acids is 1. The fraction of sp³-hybridized carbons (Fsp3) is 0.143. The molecule has 0 aliphatic heterocycles. The number of allylic oxidation sites excluding steroid dienone is 1. The Hall–Kier alpha value is -2.49. The van der Waals surface area contributed by atoms with E-state index in [1.165, 1.54) is 30.1 Å². The van der Waals surface area contributed by atoms with Crippen LogP contribution in [0.4, 0.5) is 4.39 Å². The number of benzene rings is 2. The van der Waals surface area contributed by atoms with E-state index in [0.717, 1.165) is 15.6 Å². The number of hydrogen-bond acceptors (Lipinski definition) is 5. The lowest BCUT2D eigenvalue weighted by Crippen LogP contribution is -2.20. The third-order valence-corrected chi connectivity index (χ3v) is 5.79. The first kappa shape index (κ1) is 23.2. The molecule has 0 fully saturated rings. The second-order valence-electron chi connectivity index (χ2n) is 6.57. The Morgan fingerprint density at radius 1 is 1.32 bits per heavy atom. The molecule has 0 atom stereocenters.